The Hall–Kier alpha value is -2.69. The van der Waals surface area contributed by atoms with Gasteiger partial charge in [0.15, 0.2) is 12.1 Å². The van der Waals surface area contributed by atoms with Crippen LogP contribution in [-0.4, -0.2) is 37.2 Å². The Morgan fingerprint density at radius 3 is 2.61 bits per heavy atom. The van der Waals surface area contributed by atoms with Crippen LogP contribution >= 0.6 is 19.4 Å². The van der Waals surface area contributed by atoms with Crippen molar-refractivity contribution in [2.45, 2.75) is 13.5 Å². The summed E-state index contributed by atoms with van der Waals surface area (Å²) in [5, 5.41) is 26.4. The second-order valence-electron chi connectivity index (χ2n) is 5.29. The smallest absolute Gasteiger partial charge is 0.469 e. The van der Waals surface area contributed by atoms with Crippen molar-refractivity contribution in [2.75, 3.05) is 0 Å². The maximum atomic E-state index is 11.3. The minimum atomic E-state index is -4.89. The molecule has 0 saturated heterocycles. The second kappa shape index (κ2) is 8.55. The van der Waals surface area contributed by atoms with E-state index in [0.717, 1.165) is 0 Å². The fourth-order valence-electron chi connectivity index (χ4n) is 2.10. The van der Waals surface area contributed by atoms with Crippen LogP contribution in [0.15, 0.2) is 28.4 Å². The highest BCUT2D eigenvalue weighted by molar-refractivity contribution is 7.46. The first-order valence-corrected chi connectivity index (χ1v) is 9.27. The molecule has 11 nitrogen and oxygen atoms in total. The van der Waals surface area contributed by atoms with Gasteiger partial charge in [-0.3, -0.25) is 9.32 Å². The molecular formula is C15H13ClN3O8P. The molecule has 0 bridgehead atoms. The van der Waals surface area contributed by atoms with Gasteiger partial charge in [0.25, 0.3) is 0 Å². The van der Waals surface area contributed by atoms with E-state index in [4.69, 9.17) is 26.5 Å². The number of carboxylic acids is 1. The van der Waals surface area contributed by atoms with Gasteiger partial charge in [0.05, 0.1) is 28.5 Å². The number of hydrogen-bond donors (Lipinski definition) is 4. The third-order valence-electron chi connectivity index (χ3n) is 3.42. The number of aromatic nitrogens is 1. The Bertz CT molecular complexity index is 1020. The summed E-state index contributed by atoms with van der Waals surface area (Å²) in [6.07, 6.45) is 0.249. The lowest BCUT2D eigenvalue weighted by Crippen LogP contribution is -2.01. The number of carboxylic acid groups (broad SMARTS) is 1. The van der Waals surface area contributed by atoms with Crippen molar-refractivity contribution in [3.63, 3.8) is 0 Å². The van der Waals surface area contributed by atoms with E-state index >= 15 is 0 Å². The molecule has 28 heavy (non-hydrogen) atoms. The zero-order valence-corrected chi connectivity index (χ0v) is 15.8. The Morgan fingerprint density at radius 1 is 1.36 bits per heavy atom. The molecule has 0 radical (unpaired) electrons. The minimum absolute atomic E-state index is 0.00126. The summed E-state index contributed by atoms with van der Waals surface area (Å²) in [6.45, 7) is 0.573. The van der Waals surface area contributed by atoms with E-state index in [0.29, 0.717) is 0 Å². The first-order valence-electron chi connectivity index (χ1n) is 7.36. The molecule has 0 aliphatic rings. The highest BCUT2D eigenvalue weighted by Crippen LogP contribution is 2.40. The maximum absolute atomic E-state index is 11.3. The number of azo groups is 1. The number of phosphoric acid groups is 1. The van der Waals surface area contributed by atoms with Crippen molar-refractivity contribution in [1.29, 1.82) is 0 Å². The molecule has 2 rings (SSSR count). The Kier molecular flexibility index (Phi) is 6.60. The zero-order valence-electron chi connectivity index (χ0n) is 14.1. The number of carbonyl (C=O) groups excluding carboxylic acids is 1. The van der Waals surface area contributed by atoms with Crippen LogP contribution in [0.25, 0.3) is 0 Å². The fourth-order valence-corrected chi connectivity index (χ4v) is 2.64. The number of aromatic carboxylic acids is 1. The van der Waals surface area contributed by atoms with Gasteiger partial charge in [-0.2, -0.15) is 0 Å². The van der Waals surface area contributed by atoms with Gasteiger partial charge in [0, 0.05) is 5.56 Å². The lowest BCUT2D eigenvalue weighted by atomic mass is 10.1. The lowest BCUT2D eigenvalue weighted by molar-refractivity contribution is 0.0697. The lowest BCUT2D eigenvalue weighted by Gasteiger charge is -2.12. The van der Waals surface area contributed by atoms with Crippen LogP contribution in [0.3, 0.4) is 0 Å². The van der Waals surface area contributed by atoms with Gasteiger partial charge in [-0.15, -0.1) is 10.2 Å². The summed E-state index contributed by atoms with van der Waals surface area (Å²) in [4.78, 5) is 44.1. The van der Waals surface area contributed by atoms with Crippen molar-refractivity contribution in [2.24, 2.45) is 10.2 Å². The monoisotopic (exact) mass is 429 g/mol. The molecule has 0 amide bonds. The molecule has 0 aliphatic heterocycles. The molecule has 1 aromatic heterocycles. The zero-order chi connectivity index (χ0) is 21.1. The topological polar surface area (TPSA) is 179 Å². The van der Waals surface area contributed by atoms with E-state index in [9.17, 15) is 19.3 Å². The number of aromatic hydroxyl groups is 1. The molecule has 0 saturated carbocycles. The van der Waals surface area contributed by atoms with Crippen LogP contribution in [0.2, 0.25) is 5.02 Å². The molecule has 0 aliphatic carbocycles. The maximum Gasteiger partial charge on any atom is 0.469 e. The first-order chi connectivity index (χ1) is 13.0. The number of carbonyl (C=O) groups is 2. The quantitative estimate of drug-likeness (QED) is 0.292. The highest BCUT2D eigenvalue weighted by Gasteiger charge is 2.22. The summed E-state index contributed by atoms with van der Waals surface area (Å²) in [5.74, 6) is -2.06. The van der Waals surface area contributed by atoms with E-state index < -0.39 is 26.1 Å². The van der Waals surface area contributed by atoms with E-state index in [1.54, 1.807) is 0 Å². The van der Waals surface area contributed by atoms with Crippen LogP contribution in [-0.2, 0) is 15.7 Å². The number of pyridine rings is 1. The van der Waals surface area contributed by atoms with Crippen LogP contribution in [0.5, 0.6) is 5.75 Å². The number of aryl methyl sites for hydroxylation is 1. The first kappa shape index (κ1) is 21.6. The Balaban J connectivity index is 2.56. The molecule has 0 fully saturated rings. The van der Waals surface area contributed by atoms with Gasteiger partial charge >= 0.3 is 13.8 Å². The summed E-state index contributed by atoms with van der Waals surface area (Å²) in [6, 6.07) is 4.02. The van der Waals surface area contributed by atoms with Gasteiger partial charge in [-0.25, -0.2) is 14.3 Å². The summed E-state index contributed by atoms with van der Waals surface area (Å²) in [7, 11) is -4.89. The normalized spacial score (nSPS) is 11.7. The Labute approximate surface area is 162 Å². The van der Waals surface area contributed by atoms with Gasteiger partial charge in [-0.1, -0.05) is 17.7 Å². The van der Waals surface area contributed by atoms with E-state index in [2.05, 4.69) is 19.7 Å². The number of rotatable bonds is 7. The largest absolute Gasteiger partial charge is 0.505 e. The van der Waals surface area contributed by atoms with Crippen molar-refractivity contribution in [1.82, 2.24) is 4.98 Å². The molecule has 148 valence electrons. The SMILES string of the molecule is Cc1nc(N=Nc2cccc(C(=O)O)c2Cl)c(COP(=O)(O)O)c(C=O)c1O. The number of phosphoric ester groups is 1. The van der Waals surface area contributed by atoms with Crippen LogP contribution in [0.4, 0.5) is 11.5 Å². The van der Waals surface area contributed by atoms with E-state index in [1.165, 1.54) is 25.1 Å². The van der Waals surface area contributed by atoms with E-state index in [1.807, 2.05) is 0 Å². The number of benzene rings is 1. The molecule has 0 atom stereocenters. The van der Waals surface area contributed by atoms with E-state index in [-0.39, 0.29) is 45.2 Å². The number of aldehydes is 1. The number of halogens is 1. The van der Waals surface area contributed by atoms with Gasteiger partial charge < -0.3 is 20.0 Å². The molecule has 2 aromatic rings. The van der Waals surface area contributed by atoms with Crippen molar-refractivity contribution >= 4 is 43.2 Å². The molecule has 1 heterocycles. The van der Waals surface area contributed by atoms with Gasteiger partial charge in [-0.05, 0) is 19.1 Å². The Morgan fingerprint density at radius 2 is 2.04 bits per heavy atom. The van der Waals surface area contributed by atoms with Gasteiger partial charge in [0.2, 0.25) is 0 Å². The summed E-state index contributed by atoms with van der Waals surface area (Å²) < 4.78 is 15.3. The summed E-state index contributed by atoms with van der Waals surface area (Å²) in [5.41, 5.74) is -0.799. The number of hydrogen-bond acceptors (Lipinski definition) is 8. The minimum Gasteiger partial charge on any atom is -0.505 e. The standard InChI is InChI=1S/C15H13ClN3O8P/c1-7-13(21)9(5-20)10(6-27-28(24,25)26)14(17-7)19-18-11-4-2-3-8(12(11)16)15(22)23/h2-5,21H,6H2,1H3,(H,22,23)(H2,24,25,26). The molecule has 4 N–H and O–H groups in total. The molecular weight excluding hydrogens is 417 g/mol. The van der Waals surface area contributed by atoms with Crippen LogP contribution in [0, 0.1) is 6.92 Å². The third-order valence-corrected chi connectivity index (χ3v) is 4.29. The molecule has 1 aromatic carbocycles. The third kappa shape index (κ3) is 4.97. The predicted molar refractivity (Wildman–Crippen MR) is 95.4 cm³/mol. The van der Waals surface area contributed by atoms with Crippen molar-refractivity contribution in [3.05, 3.63) is 45.6 Å². The van der Waals surface area contributed by atoms with Crippen LogP contribution in [0.1, 0.15) is 32.0 Å². The molecule has 0 unspecified atom stereocenters. The molecule has 0 spiro atoms. The highest BCUT2D eigenvalue weighted by atomic mass is 35.5. The summed E-state index contributed by atoms with van der Waals surface area (Å²) >= 11 is 5.97. The number of nitrogens with zero attached hydrogens (tertiary/aromatic N) is 3. The van der Waals surface area contributed by atoms with Gasteiger partial charge in [0.1, 0.15) is 11.4 Å². The predicted octanol–water partition coefficient (Wildman–Crippen LogP) is 3.28. The molecule has 13 heteroatoms. The average Bonchev–Trinajstić information content (AvgIpc) is 2.61. The average molecular weight is 430 g/mol. The van der Waals surface area contributed by atoms with Crippen LogP contribution < -0.4 is 0 Å². The fraction of sp³-hybridized carbons (Fsp3) is 0.133. The second-order valence-corrected chi connectivity index (χ2v) is 6.90. The van der Waals surface area contributed by atoms with Crippen molar-refractivity contribution in [3.8, 4) is 5.75 Å². The van der Waals surface area contributed by atoms with Crippen molar-refractivity contribution < 1.29 is 38.7 Å².